The van der Waals surface area contributed by atoms with E-state index in [9.17, 15) is 0 Å². The predicted molar refractivity (Wildman–Crippen MR) is 124 cm³/mol. The highest BCUT2D eigenvalue weighted by molar-refractivity contribution is 14.0. The predicted octanol–water partition coefficient (Wildman–Crippen LogP) is 2.99. The fourth-order valence-corrected chi connectivity index (χ4v) is 3.51. The molecule has 1 atom stereocenters. The number of nitrogens with one attached hydrogen (secondary N) is 2. The monoisotopic (exact) mass is 492 g/mol. The van der Waals surface area contributed by atoms with E-state index in [4.69, 9.17) is 4.74 Å². The molecule has 1 aromatic rings. The third kappa shape index (κ3) is 8.45. The number of rotatable bonds is 9. The molecule has 1 aliphatic heterocycles. The number of hydrogen-bond acceptors (Lipinski definition) is 4. The molecule has 0 aliphatic carbocycles. The van der Waals surface area contributed by atoms with Crippen molar-refractivity contribution in [2.24, 2.45) is 4.99 Å². The summed E-state index contributed by atoms with van der Waals surface area (Å²) < 4.78 is 5.52. The van der Waals surface area contributed by atoms with Crippen molar-refractivity contribution in [3.63, 3.8) is 0 Å². The maximum Gasteiger partial charge on any atom is 0.191 e. The van der Waals surface area contributed by atoms with Crippen molar-refractivity contribution in [1.29, 1.82) is 0 Å². The summed E-state index contributed by atoms with van der Waals surface area (Å²) in [4.78, 5) is 6.86. The van der Waals surface area contributed by atoms with Gasteiger partial charge in [-0.25, -0.2) is 0 Å². The number of thioether (sulfide) groups is 1. The number of unbranched alkanes of at least 4 members (excludes halogenated alkanes) is 1. The van der Waals surface area contributed by atoms with Crippen LogP contribution in [-0.4, -0.2) is 69.3 Å². The van der Waals surface area contributed by atoms with Gasteiger partial charge in [0.2, 0.25) is 0 Å². The highest BCUT2D eigenvalue weighted by atomic mass is 127. The van der Waals surface area contributed by atoms with Crippen molar-refractivity contribution < 1.29 is 4.74 Å². The number of benzene rings is 1. The Morgan fingerprint density at radius 2 is 1.92 bits per heavy atom. The second kappa shape index (κ2) is 14.5. The lowest BCUT2D eigenvalue weighted by Gasteiger charge is -2.35. The molecular weight excluding hydrogens is 459 g/mol. The molecule has 0 spiro atoms. The summed E-state index contributed by atoms with van der Waals surface area (Å²) in [7, 11) is 1.84. The first-order valence-corrected chi connectivity index (χ1v) is 10.5. The average Bonchev–Trinajstić information content (AvgIpc) is 2.68. The molecule has 2 N–H and O–H groups in total. The Kier molecular flexibility index (Phi) is 13.2. The van der Waals surface area contributed by atoms with Gasteiger partial charge in [-0.1, -0.05) is 30.3 Å². The van der Waals surface area contributed by atoms with Crippen molar-refractivity contribution in [3.8, 4) is 0 Å². The SMILES string of the molecule is CN=C(NCCCCSC)NCC(c1ccccc1)N1CCOCC1.I. The van der Waals surface area contributed by atoms with Crippen LogP contribution in [-0.2, 0) is 4.74 Å². The molecule has 148 valence electrons. The molecule has 1 unspecified atom stereocenters. The third-order valence-corrected chi connectivity index (χ3v) is 5.12. The molecule has 26 heavy (non-hydrogen) atoms. The van der Waals surface area contributed by atoms with Gasteiger partial charge in [0.1, 0.15) is 0 Å². The number of guanidine groups is 1. The fourth-order valence-electron chi connectivity index (χ4n) is 3.01. The van der Waals surface area contributed by atoms with Crippen LogP contribution in [0.5, 0.6) is 0 Å². The van der Waals surface area contributed by atoms with Crippen LogP contribution in [0.2, 0.25) is 0 Å². The summed E-state index contributed by atoms with van der Waals surface area (Å²) in [6.45, 7) is 5.38. The quantitative estimate of drug-likeness (QED) is 0.240. The zero-order valence-electron chi connectivity index (χ0n) is 15.9. The molecule has 1 aromatic carbocycles. The average molecular weight is 492 g/mol. The van der Waals surface area contributed by atoms with E-state index in [0.717, 1.165) is 45.4 Å². The zero-order chi connectivity index (χ0) is 17.7. The molecule has 1 saturated heterocycles. The molecule has 1 aliphatic rings. The van der Waals surface area contributed by atoms with Crippen LogP contribution < -0.4 is 10.6 Å². The topological polar surface area (TPSA) is 48.9 Å². The molecule has 1 fully saturated rings. The van der Waals surface area contributed by atoms with Crippen molar-refractivity contribution >= 4 is 41.7 Å². The van der Waals surface area contributed by atoms with Gasteiger partial charge in [-0.05, 0) is 30.4 Å². The van der Waals surface area contributed by atoms with Gasteiger partial charge in [-0.15, -0.1) is 24.0 Å². The zero-order valence-corrected chi connectivity index (χ0v) is 19.1. The van der Waals surface area contributed by atoms with Crippen molar-refractivity contribution in [2.45, 2.75) is 18.9 Å². The van der Waals surface area contributed by atoms with E-state index >= 15 is 0 Å². The van der Waals surface area contributed by atoms with E-state index in [-0.39, 0.29) is 24.0 Å². The fraction of sp³-hybridized carbons (Fsp3) is 0.632. The molecule has 0 aromatic heterocycles. The number of morpholine rings is 1. The minimum Gasteiger partial charge on any atom is -0.379 e. The molecule has 7 heteroatoms. The summed E-state index contributed by atoms with van der Waals surface area (Å²) in [6.07, 6.45) is 4.57. The Morgan fingerprint density at radius 3 is 2.58 bits per heavy atom. The van der Waals surface area contributed by atoms with E-state index < -0.39 is 0 Å². The highest BCUT2D eigenvalue weighted by Crippen LogP contribution is 2.20. The van der Waals surface area contributed by atoms with E-state index in [1.807, 2.05) is 18.8 Å². The van der Waals surface area contributed by atoms with E-state index in [1.54, 1.807) is 0 Å². The Hall–Kier alpha value is -0.510. The maximum atomic E-state index is 5.52. The second-order valence-corrected chi connectivity index (χ2v) is 7.14. The van der Waals surface area contributed by atoms with Crippen LogP contribution in [0.15, 0.2) is 35.3 Å². The first-order valence-electron chi connectivity index (χ1n) is 9.15. The summed E-state index contributed by atoms with van der Waals surface area (Å²) >= 11 is 1.90. The summed E-state index contributed by atoms with van der Waals surface area (Å²) in [5, 5.41) is 6.93. The maximum absolute atomic E-state index is 5.52. The Balaban J connectivity index is 0.00000338. The third-order valence-electron chi connectivity index (χ3n) is 4.42. The van der Waals surface area contributed by atoms with Crippen LogP contribution >= 0.6 is 35.7 Å². The van der Waals surface area contributed by atoms with Crippen LogP contribution in [0, 0.1) is 0 Å². The van der Waals surface area contributed by atoms with Crippen LogP contribution in [0.4, 0.5) is 0 Å². The Bertz CT molecular complexity index is 498. The van der Waals surface area contributed by atoms with Crippen LogP contribution in [0.3, 0.4) is 0 Å². The number of hydrogen-bond donors (Lipinski definition) is 2. The van der Waals surface area contributed by atoms with E-state index in [2.05, 4.69) is 57.1 Å². The minimum absolute atomic E-state index is 0. The van der Waals surface area contributed by atoms with Gasteiger partial charge in [-0.2, -0.15) is 11.8 Å². The second-order valence-electron chi connectivity index (χ2n) is 6.15. The van der Waals surface area contributed by atoms with Gasteiger partial charge in [0.25, 0.3) is 0 Å². The standard InChI is InChI=1S/C19H32N4OS.HI/c1-20-19(21-10-6-7-15-25-2)22-16-18(17-8-4-3-5-9-17)23-11-13-24-14-12-23;/h3-5,8-9,18H,6-7,10-16H2,1-2H3,(H2,20,21,22);1H. The van der Waals surface area contributed by atoms with Gasteiger partial charge in [-0.3, -0.25) is 9.89 Å². The van der Waals surface area contributed by atoms with Gasteiger partial charge in [0.05, 0.1) is 19.3 Å². The first kappa shape index (κ1) is 23.5. The first-order chi connectivity index (χ1) is 12.3. The molecule has 5 nitrogen and oxygen atoms in total. The lowest BCUT2D eigenvalue weighted by molar-refractivity contribution is 0.0170. The van der Waals surface area contributed by atoms with Gasteiger partial charge in [0.15, 0.2) is 5.96 Å². The Labute approximate surface area is 179 Å². The lowest BCUT2D eigenvalue weighted by atomic mass is 10.0. The van der Waals surface area contributed by atoms with Gasteiger partial charge >= 0.3 is 0 Å². The van der Waals surface area contributed by atoms with E-state index in [1.165, 1.54) is 24.2 Å². The van der Waals surface area contributed by atoms with Crippen molar-refractivity contribution in [1.82, 2.24) is 15.5 Å². The number of nitrogens with zero attached hydrogens (tertiary/aromatic N) is 2. The largest absolute Gasteiger partial charge is 0.379 e. The molecule has 0 radical (unpaired) electrons. The van der Waals surface area contributed by atoms with Crippen LogP contribution in [0.1, 0.15) is 24.4 Å². The smallest absolute Gasteiger partial charge is 0.191 e. The summed E-state index contributed by atoms with van der Waals surface area (Å²) in [5.74, 6) is 2.11. The van der Waals surface area contributed by atoms with Crippen molar-refractivity contribution in [2.75, 3.05) is 58.4 Å². The summed E-state index contributed by atoms with van der Waals surface area (Å²) in [6, 6.07) is 11.0. The minimum atomic E-state index is 0. The van der Waals surface area contributed by atoms with Gasteiger partial charge < -0.3 is 15.4 Å². The number of ether oxygens (including phenoxy) is 1. The molecule has 0 bridgehead atoms. The number of aliphatic imine (C=N–C) groups is 1. The number of halogens is 1. The molecule has 1 heterocycles. The van der Waals surface area contributed by atoms with Crippen LogP contribution in [0.25, 0.3) is 0 Å². The molecule has 0 amide bonds. The van der Waals surface area contributed by atoms with E-state index in [0.29, 0.717) is 6.04 Å². The highest BCUT2D eigenvalue weighted by Gasteiger charge is 2.22. The lowest BCUT2D eigenvalue weighted by Crippen LogP contribution is -2.46. The Morgan fingerprint density at radius 1 is 1.19 bits per heavy atom. The normalized spacial score (nSPS) is 16.6. The molecule has 2 rings (SSSR count). The summed E-state index contributed by atoms with van der Waals surface area (Å²) in [5.41, 5.74) is 1.34. The van der Waals surface area contributed by atoms with Crippen molar-refractivity contribution in [3.05, 3.63) is 35.9 Å². The van der Waals surface area contributed by atoms with Gasteiger partial charge in [0, 0.05) is 33.2 Å². The molecular formula is C19H33IN4OS. The molecule has 0 saturated carbocycles.